The second kappa shape index (κ2) is 8.74. The molecule has 0 aromatic heterocycles. The molecule has 0 amide bonds. The van der Waals surface area contributed by atoms with E-state index in [1.54, 1.807) is 0 Å². The average molecular weight is 745 g/mol. The van der Waals surface area contributed by atoms with E-state index in [0.717, 1.165) is 24.3 Å². The van der Waals surface area contributed by atoms with Crippen molar-refractivity contribution in [3.63, 3.8) is 0 Å². The van der Waals surface area contributed by atoms with Crippen LogP contribution < -0.4 is 0 Å². The number of carbonyl (C=O) groups is 2. The van der Waals surface area contributed by atoms with Crippen LogP contribution in [0.3, 0.4) is 0 Å². The average Bonchev–Trinajstić information content (AvgIpc) is 3.07. The highest BCUT2D eigenvalue weighted by molar-refractivity contribution is 7.86. The Hall–Kier alpha value is -6.52. The molecule has 11 rings (SSSR count). The molecule has 11 aromatic rings. The summed E-state index contributed by atoms with van der Waals surface area (Å²) < 4.78 is 75.4. The summed E-state index contributed by atoms with van der Waals surface area (Å²) in [4.78, 5) is 23.8. The van der Waals surface area contributed by atoms with E-state index in [9.17, 15) is 61.1 Å². The Morgan fingerprint density at radius 3 is 1.64 bits per heavy atom. The first-order chi connectivity index (χ1) is 25.0. The first-order valence-electron chi connectivity index (χ1n) is 15.7. The van der Waals surface area contributed by atoms with E-state index >= 15 is 0 Å². The molecule has 0 aliphatic heterocycles. The molecule has 258 valence electrons. The zero-order valence-corrected chi connectivity index (χ0v) is 27.7. The predicted molar refractivity (Wildman–Crippen MR) is 196 cm³/mol. The van der Waals surface area contributed by atoms with Crippen LogP contribution in [0.15, 0.2) is 64.4 Å². The Morgan fingerprint density at radius 1 is 0.415 bits per heavy atom. The van der Waals surface area contributed by atoms with Crippen LogP contribution in [0.4, 0.5) is 0 Å². The first-order valence-corrected chi connectivity index (χ1v) is 18.6. The molecule has 0 saturated heterocycles. The zero-order valence-electron chi connectivity index (χ0n) is 26.1. The van der Waals surface area contributed by atoms with E-state index in [2.05, 4.69) is 0 Å². The maximum Gasteiger partial charge on any atom is 0.337 e. The van der Waals surface area contributed by atoms with Gasteiger partial charge in [0.05, 0.1) is 11.1 Å². The number of rotatable bonds is 4. The highest BCUT2D eigenvalue weighted by Gasteiger charge is 2.37. The summed E-state index contributed by atoms with van der Waals surface area (Å²) in [5.74, 6) is -4.10. The summed E-state index contributed by atoms with van der Waals surface area (Å²) in [5, 5.41) is 57.2. The molecule has 53 heavy (non-hydrogen) atoms. The van der Waals surface area contributed by atoms with Crippen molar-refractivity contribution in [2.24, 2.45) is 0 Å². The minimum atomic E-state index is -5.43. The topological polar surface area (TPSA) is 244 Å². The molecular formula is C38H16O13S2. The van der Waals surface area contributed by atoms with Crippen LogP contribution in [0.5, 0.6) is 17.2 Å². The summed E-state index contributed by atoms with van der Waals surface area (Å²) in [5.41, 5.74) is -1.14. The van der Waals surface area contributed by atoms with Crippen molar-refractivity contribution in [1.82, 2.24) is 0 Å². The van der Waals surface area contributed by atoms with Crippen LogP contribution in [-0.2, 0) is 20.2 Å². The quantitative estimate of drug-likeness (QED) is 0.0528. The van der Waals surface area contributed by atoms with Gasteiger partial charge in [0.2, 0.25) is 0 Å². The predicted octanol–water partition coefficient (Wildman–Crippen LogP) is 7.41. The van der Waals surface area contributed by atoms with Crippen LogP contribution in [0.1, 0.15) is 20.7 Å². The fourth-order valence-corrected chi connectivity index (χ4v) is 11.2. The Labute approximate surface area is 292 Å². The van der Waals surface area contributed by atoms with Crippen LogP contribution >= 0.6 is 0 Å². The van der Waals surface area contributed by atoms with E-state index in [1.807, 2.05) is 0 Å². The summed E-state index contributed by atoms with van der Waals surface area (Å²) in [6, 6.07) is 11.6. The molecule has 15 heteroatoms. The van der Waals surface area contributed by atoms with Gasteiger partial charge in [-0.3, -0.25) is 9.11 Å². The molecule has 0 bridgehead atoms. The summed E-state index contributed by atoms with van der Waals surface area (Å²) >= 11 is 0. The zero-order chi connectivity index (χ0) is 37.1. The van der Waals surface area contributed by atoms with E-state index in [1.165, 1.54) is 30.3 Å². The molecule has 7 N–H and O–H groups in total. The molecule has 0 radical (unpaired) electrons. The maximum absolute atomic E-state index is 13.5. The third kappa shape index (κ3) is 3.22. The molecule has 0 heterocycles. The third-order valence-corrected chi connectivity index (χ3v) is 12.9. The summed E-state index contributed by atoms with van der Waals surface area (Å²) in [6.45, 7) is 0. The summed E-state index contributed by atoms with van der Waals surface area (Å²) in [7, 11) is -10.7. The molecule has 0 spiro atoms. The lowest BCUT2D eigenvalue weighted by molar-refractivity contribution is 0.0686. The Balaban J connectivity index is 1.67. The molecule has 0 fully saturated rings. The van der Waals surface area contributed by atoms with Crippen molar-refractivity contribution in [2.75, 3.05) is 0 Å². The Morgan fingerprint density at radius 2 is 0.962 bits per heavy atom. The third-order valence-electron chi connectivity index (χ3n) is 11.0. The van der Waals surface area contributed by atoms with Gasteiger partial charge >= 0.3 is 11.9 Å². The van der Waals surface area contributed by atoms with E-state index in [4.69, 9.17) is 0 Å². The van der Waals surface area contributed by atoms with E-state index in [-0.39, 0.29) is 97.9 Å². The molecule has 0 atom stereocenters. The van der Waals surface area contributed by atoms with Crippen molar-refractivity contribution in [3.05, 3.63) is 65.7 Å². The smallest absolute Gasteiger partial charge is 0.337 e. The number of aromatic hydroxyl groups is 3. The molecular weight excluding hydrogens is 729 g/mol. The van der Waals surface area contributed by atoms with Crippen LogP contribution in [0.25, 0.3) is 108 Å². The van der Waals surface area contributed by atoms with E-state index in [0.29, 0.717) is 21.5 Å². The van der Waals surface area contributed by atoms with Crippen molar-refractivity contribution in [1.29, 1.82) is 0 Å². The number of phenols is 3. The second-order valence-corrected chi connectivity index (χ2v) is 16.2. The van der Waals surface area contributed by atoms with Gasteiger partial charge in [0.25, 0.3) is 20.2 Å². The fraction of sp³-hybridized carbons (Fsp3) is 0. The Bertz CT molecular complexity index is 3810. The first kappa shape index (κ1) is 30.1. The minimum Gasteiger partial charge on any atom is -0.507 e. The number of hydrogen-bond donors (Lipinski definition) is 7. The number of fused-ring (bicyclic) bond motifs is 1. The SMILES string of the molecule is O=C(O)c1ccc2c(S(=O)(=O)O)c3cc4c(S(=O)(=O)O)c(C(=O)O)c5cc6ccc(O)c7cc8c(O)cc9c%10c(O)cc1c2c%10c3c1c4c5c(c67)c8c91. The lowest BCUT2D eigenvalue weighted by Gasteiger charge is -2.28. The van der Waals surface area contributed by atoms with Gasteiger partial charge in [-0.2, -0.15) is 16.8 Å². The van der Waals surface area contributed by atoms with Gasteiger partial charge in [-0.25, -0.2) is 9.59 Å². The van der Waals surface area contributed by atoms with Gasteiger partial charge in [-0.1, -0.05) is 12.1 Å². The number of hydrogen-bond acceptors (Lipinski definition) is 9. The number of benzene rings is 11. The van der Waals surface area contributed by atoms with Gasteiger partial charge in [0.1, 0.15) is 27.0 Å². The number of carboxylic acids is 2. The fourth-order valence-electron chi connectivity index (χ4n) is 9.43. The highest BCUT2D eigenvalue weighted by atomic mass is 32.2. The number of carboxylic acid groups (broad SMARTS) is 2. The molecule has 0 saturated carbocycles. The standard InChI is InChI=1S/C38H16O13S2/c39-20-4-1-10-5-16-27-29-19(36(53(49,50)51)31(16)38(44)45)7-18-30-33-24-12(35(18)52(46,47)48)3-2-11(37(42)43)13(24)8-22(41)25(33)17-9-21(40)15-6-14(20)23(10)32(27)26(15)28(17)34(29)30/h1-9,39-41H,(H,42,43)(H,44,45)(H,46,47,48)(H,49,50,51). The van der Waals surface area contributed by atoms with Crippen molar-refractivity contribution in [2.45, 2.75) is 9.79 Å². The van der Waals surface area contributed by atoms with E-state index < -0.39 is 58.7 Å². The van der Waals surface area contributed by atoms with Crippen molar-refractivity contribution in [3.8, 4) is 17.2 Å². The minimum absolute atomic E-state index is 0.0211. The summed E-state index contributed by atoms with van der Waals surface area (Å²) in [6.07, 6.45) is 0. The molecule has 0 aliphatic carbocycles. The molecule has 13 nitrogen and oxygen atoms in total. The number of aromatic carboxylic acids is 2. The van der Waals surface area contributed by atoms with Crippen LogP contribution in [0, 0.1) is 0 Å². The largest absolute Gasteiger partial charge is 0.507 e. The van der Waals surface area contributed by atoms with Gasteiger partial charge in [0, 0.05) is 70.0 Å². The lowest BCUT2D eigenvalue weighted by Crippen LogP contribution is -2.12. The Kier molecular flexibility index (Phi) is 4.97. The number of phenolic OH excluding ortho intramolecular Hbond substituents is 3. The second-order valence-electron chi connectivity index (χ2n) is 13.4. The van der Waals surface area contributed by atoms with Gasteiger partial charge in [-0.15, -0.1) is 0 Å². The van der Waals surface area contributed by atoms with Crippen molar-refractivity contribution >= 4 is 140 Å². The van der Waals surface area contributed by atoms with Gasteiger partial charge in [-0.05, 0) is 80.2 Å². The van der Waals surface area contributed by atoms with Gasteiger partial charge in [0.15, 0.2) is 0 Å². The maximum atomic E-state index is 13.5. The molecule has 0 aliphatic rings. The normalized spacial score (nSPS) is 13.5. The molecule has 11 aromatic carbocycles. The monoisotopic (exact) mass is 744 g/mol. The molecule has 0 unspecified atom stereocenters. The highest BCUT2D eigenvalue weighted by Crippen LogP contribution is 2.60. The van der Waals surface area contributed by atoms with Gasteiger partial charge < -0.3 is 25.5 Å². The van der Waals surface area contributed by atoms with Crippen LogP contribution in [0.2, 0.25) is 0 Å². The van der Waals surface area contributed by atoms with Crippen molar-refractivity contribution < 1.29 is 61.1 Å². The lowest BCUT2D eigenvalue weighted by atomic mass is 9.76. The van der Waals surface area contributed by atoms with Crippen LogP contribution in [-0.4, -0.2) is 63.4 Å².